The van der Waals surface area contributed by atoms with Crippen LogP contribution in [0.3, 0.4) is 0 Å². The maximum absolute atomic E-state index is 3.62. The van der Waals surface area contributed by atoms with Crippen molar-refractivity contribution in [3.63, 3.8) is 0 Å². The first-order valence-corrected chi connectivity index (χ1v) is 10.7. The molecule has 0 radical (unpaired) electrons. The lowest BCUT2D eigenvalue weighted by Crippen LogP contribution is -2.53. The summed E-state index contributed by atoms with van der Waals surface area (Å²) >= 11 is 0. The predicted octanol–water partition coefficient (Wildman–Crippen LogP) is 5.69. The van der Waals surface area contributed by atoms with E-state index in [0.717, 1.165) is 13.1 Å². The monoisotopic (exact) mass is 386 g/mol. The van der Waals surface area contributed by atoms with Crippen molar-refractivity contribution in [2.75, 3.05) is 13.1 Å². The van der Waals surface area contributed by atoms with Crippen LogP contribution < -0.4 is 5.32 Å². The van der Waals surface area contributed by atoms with Gasteiger partial charge in [-0.3, -0.25) is 4.90 Å². The summed E-state index contributed by atoms with van der Waals surface area (Å²) in [4.78, 5) is 2.64. The lowest BCUT2D eigenvalue weighted by molar-refractivity contribution is 0.116. The van der Waals surface area contributed by atoms with Crippen LogP contribution in [0, 0.1) is 0 Å². The molecule has 0 aliphatic carbocycles. The van der Waals surface area contributed by atoms with E-state index in [1.54, 1.807) is 0 Å². The quantitative estimate of drug-likeness (QED) is 0.476. The Morgan fingerprint density at radius 1 is 0.655 bits per heavy atom. The van der Waals surface area contributed by atoms with Crippen molar-refractivity contribution in [1.29, 1.82) is 0 Å². The van der Waals surface area contributed by atoms with Gasteiger partial charge < -0.3 is 5.32 Å². The highest BCUT2D eigenvalue weighted by Crippen LogP contribution is 2.43. The molecule has 2 nitrogen and oxygen atoms in total. The van der Waals surface area contributed by atoms with Gasteiger partial charge in [-0.25, -0.2) is 0 Å². The third kappa shape index (κ3) is 4.60. The van der Waals surface area contributed by atoms with Gasteiger partial charge >= 0.3 is 0 Å². The van der Waals surface area contributed by atoms with Gasteiger partial charge in [0.2, 0.25) is 0 Å². The minimum Gasteiger partial charge on any atom is -0.313 e. The van der Waals surface area contributed by atoms with E-state index < -0.39 is 0 Å². The average Bonchev–Trinajstić information content (AvgIpc) is 2.75. The molecule has 0 saturated carbocycles. The standard InChI is InChI=1S/C27H34N2/c1-22(2)28-20-21-29(23(3)4)27(24-14-8-5-9-15-24,25-16-10-6-11-17-25)26-18-12-7-13-19-26/h5-19,22-23,28H,20-21H2,1-4H3. The van der Waals surface area contributed by atoms with Gasteiger partial charge in [-0.2, -0.15) is 0 Å². The highest BCUT2D eigenvalue weighted by Gasteiger charge is 2.42. The summed E-state index contributed by atoms with van der Waals surface area (Å²) in [5.41, 5.74) is 3.55. The second-order valence-corrected chi connectivity index (χ2v) is 8.20. The fourth-order valence-corrected chi connectivity index (χ4v) is 4.32. The lowest BCUT2D eigenvalue weighted by Gasteiger charge is -2.48. The smallest absolute Gasteiger partial charge is 0.0975 e. The molecule has 0 bridgehead atoms. The molecule has 3 rings (SSSR count). The molecular formula is C27H34N2. The van der Waals surface area contributed by atoms with Crippen molar-refractivity contribution in [3.8, 4) is 0 Å². The fraction of sp³-hybridized carbons (Fsp3) is 0.333. The molecule has 0 heterocycles. The molecule has 3 aromatic carbocycles. The first-order chi connectivity index (χ1) is 14.1. The molecule has 29 heavy (non-hydrogen) atoms. The molecule has 0 unspecified atom stereocenters. The van der Waals surface area contributed by atoms with Crippen LogP contribution in [-0.4, -0.2) is 30.1 Å². The summed E-state index contributed by atoms with van der Waals surface area (Å²) in [6, 6.07) is 33.7. The van der Waals surface area contributed by atoms with Gasteiger partial charge in [0.25, 0.3) is 0 Å². The van der Waals surface area contributed by atoms with Gasteiger partial charge in [0.1, 0.15) is 0 Å². The highest BCUT2D eigenvalue weighted by atomic mass is 15.2. The Labute approximate surface area is 176 Å². The first kappa shape index (κ1) is 21.3. The van der Waals surface area contributed by atoms with E-state index in [2.05, 4.69) is 129 Å². The molecule has 1 N–H and O–H groups in total. The molecule has 3 aromatic rings. The first-order valence-electron chi connectivity index (χ1n) is 10.7. The Hall–Kier alpha value is -2.42. The van der Waals surface area contributed by atoms with E-state index >= 15 is 0 Å². The summed E-state index contributed by atoms with van der Waals surface area (Å²) < 4.78 is 0. The molecule has 0 amide bonds. The van der Waals surface area contributed by atoms with Crippen LogP contribution in [0.1, 0.15) is 44.4 Å². The van der Waals surface area contributed by atoms with Gasteiger partial charge in [0.15, 0.2) is 0 Å². The van der Waals surface area contributed by atoms with Crippen molar-refractivity contribution in [2.45, 2.75) is 45.3 Å². The van der Waals surface area contributed by atoms with Crippen LogP contribution in [0.25, 0.3) is 0 Å². The summed E-state index contributed by atoms with van der Waals surface area (Å²) in [7, 11) is 0. The van der Waals surface area contributed by atoms with E-state index in [1.165, 1.54) is 16.7 Å². The Kier molecular flexibility index (Phi) is 7.24. The third-order valence-corrected chi connectivity index (χ3v) is 5.53. The molecule has 152 valence electrons. The lowest BCUT2D eigenvalue weighted by atomic mass is 9.75. The van der Waals surface area contributed by atoms with Crippen LogP contribution in [0.5, 0.6) is 0 Å². The minimum absolute atomic E-state index is 0.351. The summed E-state index contributed by atoms with van der Waals surface area (Å²) in [5, 5.41) is 3.62. The summed E-state index contributed by atoms with van der Waals surface area (Å²) in [5.74, 6) is 0. The summed E-state index contributed by atoms with van der Waals surface area (Å²) in [6.45, 7) is 10.9. The van der Waals surface area contributed by atoms with Crippen LogP contribution in [0.2, 0.25) is 0 Å². The van der Waals surface area contributed by atoms with E-state index in [9.17, 15) is 0 Å². The number of hydrogen-bond acceptors (Lipinski definition) is 2. The van der Waals surface area contributed by atoms with Gasteiger partial charge in [0.05, 0.1) is 5.54 Å². The highest BCUT2D eigenvalue weighted by molar-refractivity contribution is 5.49. The maximum Gasteiger partial charge on any atom is 0.0975 e. The topological polar surface area (TPSA) is 15.3 Å². The number of benzene rings is 3. The van der Waals surface area contributed by atoms with E-state index in [0.29, 0.717) is 12.1 Å². The molecule has 0 fully saturated rings. The van der Waals surface area contributed by atoms with Crippen LogP contribution >= 0.6 is 0 Å². The zero-order valence-corrected chi connectivity index (χ0v) is 18.2. The average molecular weight is 387 g/mol. The molecule has 0 atom stereocenters. The fourth-order valence-electron chi connectivity index (χ4n) is 4.32. The Morgan fingerprint density at radius 2 is 1.03 bits per heavy atom. The normalized spacial score (nSPS) is 12.1. The van der Waals surface area contributed by atoms with Gasteiger partial charge in [0, 0.05) is 25.2 Å². The van der Waals surface area contributed by atoms with E-state index in [-0.39, 0.29) is 5.54 Å². The van der Waals surface area contributed by atoms with Crippen molar-refractivity contribution in [1.82, 2.24) is 10.2 Å². The second-order valence-electron chi connectivity index (χ2n) is 8.20. The second kappa shape index (κ2) is 9.87. The molecule has 0 aliphatic heterocycles. The Morgan fingerprint density at radius 3 is 1.34 bits per heavy atom. The zero-order chi connectivity index (χ0) is 20.7. The van der Waals surface area contributed by atoms with Crippen molar-refractivity contribution in [3.05, 3.63) is 108 Å². The van der Waals surface area contributed by atoms with Crippen LogP contribution in [0.15, 0.2) is 91.0 Å². The third-order valence-electron chi connectivity index (χ3n) is 5.53. The van der Waals surface area contributed by atoms with E-state index in [1.807, 2.05) is 0 Å². The Balaban J connectivity index is 2.26. The maximum atomic E-state index is 3.62. The molecule has 0 aliphatic rings. The van der Waals surface area contributed by atoms with Gasteiger partial charge in [-0.05, 0) is 30.5 Å². The summed E-state index contributed by atoms with van der Waals surface area (Å²) in [6.07, 6.45) is 0. The molecule has 2 heteroatoms. The predicted molar refractivity (Wildman–Crippen MR) is 124 cm³/mol. The van der Waals surface area contributed by atoms with Crippen molar-refractivity contribution in [2.24, 2.45) is 0 Å². The van der Waals surface area contributed by atoms with Crippen LogP contribution in [-0.2, 0) is 5.54 Å². The van der Waals surface area contributed by atoms with Gasteiger partial charge in [-0.15, -0.1) is 0 Å². The molecular weight excluding hydrogens is 352 g/mol. The zero-order valence-electron chi connectivity index (χ0n) is 18.2. The van der Waals surface area contributed by atoms with Gasteiger partial charge in [-0.1, -0.05) is 105 Å². The number of rotatable bonds is 9. The number of nitrogens with one attached hydrogen (secondary N) is 1. The Bertz CT molecular complexity index is 745. The van der Waals surface area contributed by atoms with Crippen molar-refractivity contribution < 1.29 is 0 Å². The molecule has 0 spiro atoms. The number of hydrogen-bond donors (Lipinski definition) is 1. The SMILES string of the molecule is CC(C)NCCN(C(C)C)C(c1ccccc1)(c1ccccc1)c1ccccc1. The molecule has 0 saturated heterocycles. The largest absolute Gasteiger partial charge is 0.313 e. The minimum atomic E-state index is -0.351. The van der Waals surface area contributed by atoms with Crippen molar-refractivity contribution >= 4 is 0 Å². The number of nitrogens with zero attached hydrogens (tertiary/aromatic N) is 1. The van der Waals surface area contributed by atoms with Crippen LogP contribution in [0.4, 0.5) is 0 Å². The van der Waals surface area contributed by atoms with E-state index in [4.69, 9.17) is 0 Å². The molecule has 0 aromatic heterocycles.